The quantitative estimate of drug-likeness (QED) is 0.122. The molecule has 26 aromatic rings. The first-order valence-corrected chi connectivity index (χ1v) is 42.5. The van der Waals surface area contributed by atoms with Crippen molar-refractivity contribution in [3.8, 4) is 101 Å². The normalized spacial score (nSPS) is 12.0. The molecule has 0 N–H and O–H groups in total. The van der Waals surface area contributed by atoms with Crippen LogP contribution in [-0.4, -0.2) is 37.4 Å². The zero-order chi connectivity index (χ0) is 81.2. The van der Waals surface area contributed by atoms with E-state index in [0.717, 1.165) is 150 Å². The lowest BCUT2D eigenvalue weighted by Crippen LogP contribution is -1.99. The summed E-state index contributed by atoms with van der Waals surface area (Å²) < 4.78 is 14.4. The zero-order valence-electron chi connectivity index (χ0n) is 67.1. The Hall–Kier alpha value is -16.7. The minimum atomic E-state index is 0.641. The van der Waals surface area contributed by atoms with Crippen LogP contribution in [-0.2, 0) is 0 Å². The summed E-state index contributed by atoms with van der Waals surface area (Å²) >= 11 is 0. The lowest BCUT2D eigenvalue weighted by molar-refractivity contribution is 1.17. The molecule has 8 nitrogen and oxygen atoms in total. The number of hydrogen-bond acceptors (Lipinski definition) is 2. The van der Waals surface area contributed by atoms with Crippen molar-refractivity contribution in [3.05, 3.63) is 437 Å². The van der Waals surface area contributed by atoms with E-state index >= 15 is 0 Å². The van der Waals surface area contributed by atoms with Crippen molar-refractivity contribution >= 4 is 142 Å². The molecule has 0 spiro atoms. The third-order valence-corrected chi connectivity index (χ3v) is 26.0. The fraction of sp³-hybridized carbons (Fsp3) is 0. The largest absolute Gasteiger partial charge is 0.309 e. The van der Waals surface area contributed by atoms with E-state index in [1.807, 2.05) is 0 Å². The summed E-state index contributed by atoms with van der Waals surface area (Å²) in [5.41, 5.74) is 33.2. The Morgan fingerprint density at radius 2 is 0.347 bits per heavy atom. The van der Waals surface area contributed by atoms with Gasteiger partial charge in [-0.15, -0.1) is 0 Å². The maximum Gasteiger partial charge on any atom is 0.160 e. The number of hydrogen-bond donors (Lipinski definition) is 0. The van der Waals surface area contributed by atoms with Gasteiger partial charge in [-0.1, -0.05) is 237 Å². The highest BCUT2D eigenvalue weighted by molar-refractivity contribution is 6.18. The number of fused-ring (bicyclic) bond motifs is 19. The molecule has 0 saturated carbocycles. The van der Waals surface area contributed by atoms with E-state index in [1.165, 1.54) is 87.2 Å². The van der Waals surface area contributed by atoms with Gasteiger partial charge in [0.25, 0.3) is 0 Å². The van der Waals surface area contributed by atoms with Gasteiger partial charge in [-0.25, -0.2) is 9.97 Å². The van der Waals surface area contributed by atoms with Gasteiger partial charge in [-0.05, 0) is 245 Å². The Kier molecular flexibility index (Phi) is 15.3. The van der Waals surface area contributed by atoms with Crippen LogP contribution in [0.5, 0.6) is 0 Å². The Bertz CT molecular complexity index is 8490. The van der Waals surface area contributed by atoms with Crippen LogP contribution in [0.4, 0.5) is 0 Å². The van der Waals surface area contributed by atoms with Crippen molar-refractivity contribution in [2.45, 2.75) is 0 Å². The smallest absolute Gasteiger partial charge is 0.160 e. The van der Waals surface area contributed by atoms with Crippen molar-refractivity contribution < 1.29 is 0 Å². The lowest BCUT2D eigenvalue weighted by atomic mass is 9.98. The predicted octanol–water partition coefficient (Wildman–Crippen LogP) is 30.2. The summed E-state index contributed by atoms with van der Waals surface area (Å²) in [6, 6.07) is 160. The van der Waals surface area contributed by atoms with E-state index in [2.05, 4.69) is 464 Å². The molecule has 26 rings (SSSR count). The molecule has 0 atom stereocenters. The van der Waals surface area contributed by atoms with Crippen LogP contribution in [0.3, 0.4) is 0 Å². The average Bonchev–Trinajstić information content (AvgIpc) is 1.59. The molecule has 0 amide bonds. The summed E-state index contributed by atoms with van der Waals surface area (Å²) in [4.78, 5) is 11.2. The van der Waals surface area contributed by atoms with Gasteiger partial charge < -0.3 is 27.4 Å². The van der Waals surface area contributed by atoms with Crippen LogP contribution in [0.15, 0.2) is 437 Å². The number of nitrogens with zero attached hydrogens (tertiary/aromatic N) is 8. The lowest BCUT2D eigenvalue weighted by Gasteiger charge is -2.14. The predicted molar refractivity (Wildman–Crippen MR) is 518 cm³/mol. The molecule has 7 aromatic heterocycles. The van der Waals surface area contributed by atoms with Crippen molar-refractivity contribution in [1.82, 2.24) is 37.4 Å². The first-order valence-electron chi connectivity index (χ1n) is 42.5. The first kappa shape index (κ1) is 69.3. The molecule has 19 aromatic carbocycles. The maximum atomic E-state index is 5.72. The van der Waals surface area contributed by atoms with Gasteiger partial charge in [0.1, 0.15) is 0 Å². The topological polar surface area (TPSA) is 55.4 Å². The molecule has 0 fully saturated rings. The summed E-state index contributed by atoms with van der Waals surface area (Å²) in [5, 5.41) is 15.4. The van der Waals surface area contributed by atoms with Crippen molar-refractivity contribution in [2.24, 2.45) is 0 Å². The molecule has 0 aliphatic rings. The number of aromatic nitrogens is 8. The molecule has 124 heavy (non-hydrogen) atoms. The van der Waals surface area contributed by atoms with Gasteiger partial charge in [-0.3, -0.25) is 0 Å². The maximum absolute atomic E-state index is 5.72. The van der Waals surface area contributed by atoms with E-state index < -0.39 is 0 Å². The fourth-order valence-corrected chi connectivity index (χ4v) is 20.4. The molecule has 576 valence electrons. The van der Waals surface area contributed by atoms with Crippen molar-refractivity contribution in [1.29, 1.82) is 0 Å². The molecule has 0 saturated heterocycles. The Morgan fingerprint density at radius 3 is 0.645 bits per heavy atom. The Balaban J connectivity index is 0.615. The van der Waals surface area contributed by atoms with E-state index in [1.54, 1.807) is 0 Å². The fourth-order valence-electron chi connectivity index (χ4n) is 20.4. The standard InChI is InChI=1S/C116H72N8/c1-5-27-83(28-6-1)119-103-43-19-14-37-89(103)94-65-73(47-55-107(94)119)77-51-59-111-98(69-77)99-70-78(74-48-56-108-95(66-74)90-38-15-20-44-104(90)120(108)84-29-7-2-8-30-84)52-60-112(99)123(111)87-35-23-25-81(63-87)115-93-41-13-18-42-102(93)117-116(118-115)82-26-24-36-88(64-82)124-113-61-53-79(75-49-57-109-96(67-75)91-39-16-21-45-105(91)121(109)85-31-9-3-10-32-85)71-100(113)101-72-80(54-62-114(101)124)76-50-58-110-97(68-76)92-40-17-22-46-106(92)122(110)86-33-11-4-12-34-86/h1-72H. The van der Waals surface area contributed by atoms with E-state index in [9.17, 15) is 0 Å². The van der Waals surface area contributed by atoms with E-state index in [0.29, 0.717) is 5.82 Å². The molecule has 8 heteroatoms. The highest BCUT2D eigenvalue weighted by Gasteiger charge is 2.25. The molecule has 0 aliphatic carbocycles. The molecule has 0 bridgehead atoms. The molecule has 0 unspecified atom stereocenters. The molecule has 0 radical (unpaired) electrons. The van der Waals surface area contributed by atoms with Gasteiger partial charge in [-0.2, -0.15) is 0 Å². The highest BCUT2D eigenvalue weighted by atomic mass is 15.0. The molecular formula is C116H72N8. The summed E-state index contributed by atoms with van der Waals surface area (Å²) in [5.74, 6) is 0.641. The van der Waals surface area contributed by atoms with E-state index in [-0.39, 0.29) is 0 Å². The summed E-state index contributed by atoms with van der Waals surface area (Å²) in [7, 11) is 0. The van der Waals surface area contributed by atoms with Crippen LogP contribution < -0.4 is 0 Å². The monoisotopic (exact) mass is 1580 g/mol. The Morgan fingerprint density at radius 1 is 0.129 bits per heavy atom. The van der Waals surface area contributed by atoms with Crippen LogP contribution in [0, 0.1) is 0 Å². The van der Waals surface area contributed by atoms with Gasteiger partial charge >= 0.3 is 0 Å². The SMILES string of the molecule is c1ccc(-n2c3ccccc3c3cc(-c4ccc5c(c4)c4cc(-c6ccc7c(c6)c6ccccc6n7-c6ccccc6)ccc4n5-c4cccc(-c5nc(-c6cccc(-n7c8ccc(-c9ccc%10c(c9)c9ccccc9n%10-c9ccccc9)cc8c8cc(-c9ccc%10c(c9)c9ccccc9n%10-c9ccccc9)ccc87)c6)c6ccccc6n5)c4)ccc32)cc1. The minimum absolute atomic E-state index is 0.641. The van der Waals surface area contributed by atoms with Crippen molar-refractivity contribution in [3.63, 3.8) is 0 Å². The van der Waals surface area contributed by atoms with Gasteiger partial charge in [0.15, 0.2) is 5.82 Å². The minimum Gasteiger partial charge on any atom is -0.309 e. The number of benzene rings is 19. The molecular weight excluding hydrogens is 1510 g/mol. The highest BCUT2D eigenvalue weighted by Crippen LogP contribution is 2.46. The third-order valence-electron chi connectivity index (χ3n) is 26.0. The van der Waals surface area contributed by atoms with Gasteiger partial charge in [0.2, 0.25) is 0 Å². The van der Waals surface area contributed by atoms with Crippen LogP contribution in [0.25, 0.3) is 243 Å². The number of rotatable bonds is 12. The van der Waals surface area contributed by atoms with Gasteiger partial charge in [0, 0.05) is 115 Å². The second-order valence-corrected chi connectivity index (χ2v) is 32.8. The zero-order valence-corrected chi connectivity index (χ0v) is 67.1. The second-order valence-electron chi connectivity index (χ2n) is 32.8. The van der Waals surface area contributed by atoms with Gasteiger partial charge in [0.05, 0.1) is 77.4 Å². The average molecular weight is 1580 g/mol. The second kappa shape index (κ2) is 27.4. The first-order chi connectivity index (χ1) is 61.5. The summed E-state index contributed by atoms with van der Waals surface area (Å²) in [6.07, 6.45) is 0. The van der Waals surface area contributed by atoms with E-state index in [4.69, 9.17) is 9.97 Å². The molecule has 0 aliphatic heterocycles. The number of para-hydroxylation sites is 9. The van der Waals surface area contributed by atoms with Crippen LogP contribution >= 0.6 is 0 Å². The summed E-state index contributed by atoms with van der Waals surface area (Å²) in [6.45, 7) is 0. The van der Waals surface area contributed by atoms with Crippen molar-refractivity contribution in [2.75, 3.05) is 0 Å². The van der Waals surface area contributed by atoms with Crippen LogP contribution in [0.1, 0.15) is 0 Å². The molecule has 7 heterocycles. The Labute approximate surface area is 712 Å². The van der Waals surface area contributed by atoms with Crippen LogP contribution in [0.2, 0.25) is 0 Å². The third kappa shape index (κ3) is 10.8.